The fraction of sp³-hybridized carbons (Fsp3) is 0.316. The average molecular weight is 395 g/mol. The maximum atomic E-state index is 13.1. The molecule has 140 valence electrons. The molecule has 1 atom stereocenters. The lowest BCUT2D eigenvalue weighted by Gasteiger charge is -2.25. The molecule has 5 nitrogen and oxygen atoms in total. The molecule has 0 saturated carbocycles. The zero-order valence-electron chi connectivity index (χ0n) is 14.9. The number of anilines is 1. The third kappa shape index (κ3) is 4.99. The maximum Gasteiger partial charge on any atom is 0.264 e. The Hall–Kier alpha value is -2.05. The van der Waals surface area contributed by atoms with E-state index in [1.54, 1.807) is 42.5 Å². The van der Waals surface area contributed by atoms with Gasteiger partial charge in [0.2, 0.25) is 5.91 Å². The van der Waals surface area contributed by atoms with E-state index in [1.807, 2.05) is 13.8 Å². The van der Waals surface area contributed by atoms with Crippen LogP contribution in [0.1, 0.15) is 26.7 Å². The minimum atomic E-state index is -3.93. The standard InChI is InChI=1S/C19H23ClN2O3S/c1-3-9-15(2)21-19(23)14-22(18-13-8-7-12-17(18)20)26(24,25)16-10-5-4-6-11-16/h4-8,10-13,15H,3,9,14H2,1-2H3,(H,21,23)/t15-/m0/s1. The van der Waals surface area contributed by atoms with E-state index in [-0.39, 0.29) is 34.1 Å². The lowest BCUT2D eigenvalue weighted by molar-refractivity contribution is -0.120. The molecule has 1 N–H and O–H groups in total. The van der Waals surface area contributed by atoms with Crippen molar-refractivity contribution in [3.8, 4) is 0 Å². The van der Waals surface area contributed by atoms with E-state index in [0.29, 0.717) is 0 Å². The van der Waals surface area contributed by atoms with Gasteiger partial charge in [0.05, 0.1) is 15.6 Å². The Morgan fingerprint density at radius 2 is 1.73 bits per heavy atom. The summed E-state index contributed by atoms with van der Waals surface area (Å²) in [5, 5.41) is 3.10. The number of carbonyl (C=O) groups is 1. The molecular formula is C19H23ClN2O3S. The first kappa shape index (κ1) is 20.3. The molecule has 0 bridgehead atoms. The highest BCUT2D eigenvalue weighted by molar-refractivity contribution is 7.92. The number of hydrogen-bond donors (Lipinski definition) is 1. The molecule has 26 heavy (non-hydrogen) atoms. The van der Waals surface area contributed by atoms with Gasteiger partial charge >= 0.3 is 0 Å². The van der Waals surface area contributed by atoms with Crippen LogP contribution in [0.25, 0.3) is 0 Å². The Kier molecular flexibility index (Phi) is 7.06. The third-order valence-corrected chi connectivity index (χ3v) is 5.96. The predicted molar refractivity (Wildman–Crippen MR) is 105 cm³/mol. The molecule has 2 aromatic rings. The zero-order valence-corrected chi connectivity index (χ0v) is 16.4. The fourth-order valence-electron chi connectivity index (χ4n) is 2.63. The van der Waals surface area contributed by atoms with Gasteiger partial charge in [-0.25, -0.2) is 8.42 Å². The summed E-state index contributed by atoms with van der Waals surface area (Å²) in [6, 6.07) is 14.6. The molecule has 2 rings (SSSR count). The number of nitrogens with zero attached hydrogens (tertiary/aromatic N) is 1. The first-order valence-corrected chi connectivity index (χ1v) is 10.3. The molecule has 0 fully saturated rings. The Morgan fingerprint density at radius 1 is 1.12 bits per heavy atom. The van der Waals surface area contributed by atoms with Crippen LogP contribution in [-0.4, -0.2) is 26.9 Å². The number of carbonyl (C=O) groups excluding carboxylic acids is 1. The summed E-state index contributed by atoms with van der Waals surface area (Å²) < 4.78 is 27.3. The number of amides is 1. The summed E-state index contributed by atoms with van der Waals surface area (Å²) in [6.07, 6.45) is 1.75. The van der Waals surface area contributed by atoms with Crippen molar-refractivity contribution in [2.75, 3.05) is 10.8 Å². The largest absolute Gasteiger partial charge is 0.352 e. The van der Waals surface area contributed by atoms with Gasteiger partial charge in [-0.1, -0.05) is 55.3 Å². The smallest absolute Gasteiger partial charge is 0.264 e. The highest BCUT2D eigenvalue weighted by atomic mass is 35.5. The van der Waals surface area contributed by atoms with E-state index in [0.717, 1.165) is 17.1 Å². The molecule has 0 aromatic heterocycles. The zero-order chi connectivity index (χ0) is 19.2. The SMILES string of the molecule is CCC[C@H](C)NC(=O)CN(c1ccccc1Cl)S(=O)(=O)c1ccccc1. The van der Waals surface area contributed by atoms with E-state index >= 15 is 0 Å². The summed E-state index contributed by atoms with van der Waals surface area (Å²) in [7, 11) is -3.93. The van der Waals surface area contributed by atoms with Gasteiger partial charge in [-0.3, -0.25) is 9.10 Å². The number of hydrogen-bond acceptors (Lipinski definition) is 3. The molecule has 0 spiro atoms. The van der Waals surface area contributed by atoms with Gasteiger partial charge in [-0.05, 0) is 37.6 Å². The van der Waals surface area contributed by atoms with Crippen LogP contribution in [0.5, 0.6) is 0 Å². The van der Waals surface area contributed by atoms with Crippen LogP contribution in [0.4, 0.5) is 5.69 Å². The minimum absolute atomic E-state index is 0.0278. The van der Waals surface area contributed by atoms with E-state index in [1.165, 1.54) is 12.1 Å². The van der Waals surface area contributed by atoms with Crippen molar-refractivity contribution in [2.24, 2.45) is 0 Å². The molecule has 0 aliphatic carbocycles. The van der Waals surface area contributed by atoms with E-state index < -0.39 is 10.0 Å². The van der Waals surface area contributed by atoms with E-state index in [4.69, 9.17) is 11.6 Å². The Bertz CT molecular complexity index is 841. The number of sulfonamides is 1. The van der Waals surface area contributed by atoms with Crippen molar-refractivity contribution in [2.45, 2.75) is 37.6 Å². The highest BCUT2D eigenvalue weighted by Crippen LogP contribution is 2.30. The first-order valence-electron chi connectivity index (χ1n) is 8.48. The summed E-state index contributed by atoms with van der Waals surface area (Å²) in [6.45, 7) is 3.58. The van der Waals surface area contributed by atoms with E-state index in [9.17, 15) is 13.2 Å². The predicted octanol–water partition coefficient (Wildman–Crippen LogP) is 3.84. The summed E-state index contributed by atoms with van der Waals surface area (Å²) in [4.78, 5) is 12.5. The molecule has 0 heterocycles. The molecule has 7 heteroatoms. The van der Waals surface area contributed by atoms with Crippen LogP contribution in [0.3, 0.4) is 0 Å². The second-order valence-electron chi connectivity index (χ2n) is 6.03. The van der Waals surface area contributed by atoms with Crippen molar-refractivity contribution in [3.05, 3.63) is 59.6 Å². The number of rotatable bonds is 8. The number of benzene rings is 2. The molecule has 2 aromatic carbocycles. The first-order chi connectivity index (χ1) is 12.4. The van der Waals surface area contributed by atoms with Gasteiger partial charge in [-0.15, -0.1) is 0 Å². The molecule has 0 aliphatic heterocycles. The van der Waals surface area contributed by atoms with Gasteiger partial charge in [0, 0.05) is 6.04 Å². The number of halogens is 1. The normalized spacial score (nSPS) is 12.4. The van der Waals surface area contributed by atoms with Crippen LogP contribution in [-0.2, 0) is 14.8 Å². The van der Waals surface area contributed by atoms with Gasteiger partial charge in [0.25, 0.3) is 10.0 Å². The Labute approximate surface area is 160 Å². The molecule has 0 unspecified atom stereocenters. The second-order valence-corrected chi connectivity index (χ2v) is 8.30. The van der Waals surface area contributed by atoms with Crippen molar-refractivity contribution in [3.63, 3.8) is 0 Å². The summed E-state index contributed by atoms with van der Waals surface area (Å²) in [5.41, 5.74) is 0.274. The highest BCUT2D eigenvalue weighted by Gasteiger charge is 2.28. The average Bonchev–Trinajstić information content (AvgIpc) is 2.61. The molecular weight excluding hydrogens is 372 g/mol. The summed E-state index contributed by atoms with van der Waals surface area (Å²) in [5.74, 6) is -0.370. The molecule has 1 amide bonds. The second kappa shape index (κ2) is 9.05. The van der Waals surface area contributed by atoms with E-state index in [2.05, 4.69) is 5.32 Å². The molecule has 0 saturated heterocycles. The van der Waals surface area contributed by atoms with Crippen molar-refractivity contribution in [1.82, 2.24) is 5.32 Å². The Balaban J connectivity index is 2.38. The van der Waals surface area contributed by atoms with Crippen LogP contribution in [0.15, 0.2) is 59.5 Å². The Morgan fingerprint density at radius 3 is 2.35 bits per heavy atom. The molecule has 0 aliphatic rings. The topological polar surface area (TPSA) is 66.5 Å². The van der Waals surface area contributed by atoms with Gasteiger partial charge < -0.3 is 5.32 Å². The van der Waals surface area contributed by atoms with Crippen molar-refractivity contribution in [1.29, 1.82) is 0 Å². The third-order valence-electron chi connectivity index (χ3n) is 3.87. The quantitative estimate of drug-likeness (QED) is 0.739. The maximum absolute atomic E-state index is 13.1. The summed E-state index contributed by atoms with van der Waals surface area (Å²) >= 11 is 6.21. The lowest BCUT2D eigenvalue weighted by Crippen LogP contribution is -2.43. The van der Waals surface area contributed by atoms with Gasteiger partial charge in [0.15, 0.2) is 0 Å². The lowest BCUT2D eigenvalue weighted by atomic mass is 10.2. The van der Waals surface area contributed by atoms with Crippen LogP contribution in [0.2, 0.25) is 5.02 Å². The minimum Gasteiger partial charge on any atom is -0.352 e. The van der Waals surface area contributed by atoms with Gasteiger partial charge in [0.1, 0.15) is 6.54 Å². The monoisotopic (exact) mass is 394 g/mol. The molecule has 0 radical (unpaired) electrons. The number of nitrogens with one attached hydrogen (secondary N) is 1. The number of para-hydroxylation sites is 1. The van der Waals surface area contributed by atoms with Crippen molar-refractivity contribution >= 4 is 33.2 Å². The van der Waals surface area contributed by atoms with Crippen molar-refractivity contribution < 1.29 is 13.2 Å². The van der Waals surface area contributed by atoms with Crippen LogP contribution >= 0.6 is 11.6 Å². The fourth-order valence-corrected chi connectivity index (χ4v) is 4.38. The van der Waals surface area contributed by atoms with Gasteiger partial charge in [-0.2, -0.15) is 0 Å². The van der Waals surface area contributed by atoms with Crippen LogP contribution in [0, 0.1) is 0 Å². The van der Waals surface area contributed by atoms with Crippen LogP contribution < -0.4 is 9.62 Å².